The van der Waals surface area contributed by atoms with Crippen LogP contribution in [0.25, 0.3) is 10.2 Å². The van der Waals surface area contributed by atoms with E-state index < -0.39 is 5.97 Å². The number of halogens is 1. The number of esters is 1. The molecule has 0 saturated carbocycles. The van der Waals surface area contributed by atoms with E-state index in [2.05, 4.69) is 23.8 Å². The molecule has 1 atom stereocenters. The van der Waals surface area contributed by atoms with E-state index in [0.29, 0.717) is 32.9 Å². The molecule has 1 unspecified atom stereocenters. The average molecular weight is 564 g/mol. The second kappa shape index (κ2) is 11.8. The Labute approximate surface area is 226 Å². The quantitative estimate of drug-likeness (QED) is 0.296. The molecule has 7 nitrogen and oxygen atoms in total. The van der Waals surface area contributed by atoms with Crippen LogP contribution in [0.1, 0.15) is 34.1 Å². The Bertz CT molecular complexity index is 1410. The van der Waals surface area contributed by atoms with Crippen LogP contribution in [0.3, 0.4) is 0 Å². The molecule has 0 spiro atoms. The largest absolute Gasteiger partial charge is 0.465 e. The maximum atomic E-state index is 12.6. The first-order valence-corrected chi connectivity index (χ1v) is 14.5. The highest BCUT2D eigenvalue weighted by atomic mass is 35.5. The summed E-state index contributed by atoms with van der Waals surface area (Å²) in [7, 11) is 1.35. The lowest BCUT2D eigenvalue weighted by Crippen LogP contribution is -2.19. The van der Waals surface area contributed by atoms with E-state index >= 15 is 0 Å². The van der Waals surface area contributed by atoms with Crippen molar-refractivity contribution in [3.8, 4) is 0 Å². The van der Waals surface area contributed by atoms with Crippen molar-refractivity contribution >= 4 is 79.0 Å². The molecule has 4 rings (SSSR count). The van der Waals surface area contributed by atoms with Crippen LogP contribution >= 0.6 is 46.0 Å². The van der Waals surface area contributed by atoms with Gasteiger partial charge in [-0.05, 0) is 48.9 Å². The summed E-state index contributed by atoms with van der Waals surface area (Å²) in [6, 6.07) is 5.54. The standard InChI is InChI=1S/C25H26ClN3O4S3/c1-4-9-29-17-8-6-15(26)11-19(17)36-25(29)28-21(31)13-34-12-20(30)27-23-22(24(32)33-3)16-7-5-14(2)10-18(16)35-23/h4,6,8,11,14H,1,5,7,9-10,12-13H2,2-3H3,(H,27,30). The van der Waals surface area contributed by atoms with Gasteiger partial charge >= 0.3 is 5.97 Å². The number of benzene rings is 1. The number of allylic oxidation sites excluding steroid dienone is 1. The van der Waals surface area contributed by atoms with Crippen molar-refractivity contribution in [1.82, 2.24) is 4.57 Å². The van der Waals surface area contributed by atoms with Crippen LogP contribution in [-0.4, -0.2) is 41.0 Å². The molecule has 0 bridgehead atoms. The summed E-state index contributed by atoms with van der Waals surface area (Å²) >= 11 is 10.1. The monoisotopic (exact) mass is 563 g/mol. The smallest absolute Gasteiger partial charge is 0.341 e. The Morgan fingerprint density at radius 2 is 2.14 bits per heavy atom. The van der Waals surface area contributed by atoms with E-state index in [1.165, 1.54) is 41.5 Å². The van der Waals surface area contributed by atoms with E-state index in [9.17, 15) is 14.4 Å². The third-order valence-electron chi connectivity index (χ3n) is 5.79. The number of methoxy groups -OCH3 is 1. The number of fused-ring (bicyclic) bond motifs is 2. The van der Waals surface area contributed by atoms with Gasteiger partial charge in [0.2, 0.25) is 5.91 Å². The van der Waals surface area contributed by atoms with Crippen LogP contribution in [0.4, 0.5) is 5.00 Å². The number of carbonyl (C=O) groups is 3. The van der Waals surface area contributed by atoms with Crippen LogP contribution in [0.15, 0.2) is 35.8 Å². The number of aromatic nitrogens is 1. The van der Waals surface area contributed by atoms with Crippen molar-refractivity contribution in [2.75, 3.05) is 23.9 Å². The zero-order valence-electron chi connectivity index (χ0n) is 20.0. The van der Waals surface area contributed by atoms with E-state index in [0.717, 1.165) is 39.9 Å². The van der Waals surface area contributed by atoms with Crippen molar-refractivity contribution in [3.05, 3.63) is 56.7 Å². The van der Waals surface area contributed by atoms with Crippen LogP contribution in [0.2, 0.25) is 5.02 Å². The highest BCUT2D eigenvalue weighted by Gasteiger charge is 2.28. The second-order valence-electron chi connectivity index (χ2n) is 8.49. The first kappa shape index (κ1) is 26.7. The fraction of sp³-hybridized carbons (Fsp3) is 0.360. The lowest BCUT2D eigenvalue weighted by molar-refractivity contribution is -0.115. The van der Waals surface area contributed by atoms with Crippen molar-refractivity contribution in [2.24, 2.45) is 10.9 Å². The first-order valence-electron chi connectivity index (χ1n) is 11.4. The zero-order valence-corrected chi connectivity index (χ0v) is 23.2. The van der Waals surface area contributed by atoms with E-state index in [4.69, 9.17) is 16.3 Å². The molecule has 1 aromatic carbocycles. The van der Waals surface area contributed by atoms with Gasteiger partial charge < -0.3 is 14.6 Å². The van der Waals surface area contributed by atoms with Gasteiger partial charge in [-0.25, -0.2) is 4.79 Å². The summed E-state index contributed by atoms with van der Waals surface area (Å²) in [5.41, 5.74) is 2.38. The summed E-state index contributed by atoms with van der Waals surface area (Å²) in [4.78, 5) is 43.6. The van der Waals surface area contributed by atoms with Gasteiger partial charge in [-0.1, -0.05) is 35.9 Å². The van der Waals surface area contributed by atoms with Gasteiger partial charge in [0.1, 0.15) is 5.00 Å². The van der Waals surface area contributed by atoms with Crippen molar-refractivity contribution in [1.29, 1.82) is 0 Å². The number of thioether (sulfide) groups is 1. The molecule has 0 saturated heterocycles. The molecular weight excluding hydrogens is 538 g/mol. The molecule has 11 heteroatoms. The third-order valence-corrected chi connectivity index (χ3v) is 9.15. The third kappa shape index (κ3) is 5.94. The molecule has 2 aromatic heterocycles. The van der Waals surface area contributed by atoms with E-state index in [1.807, 2.05) is 16.7 Å². The Morgan fingerprint density at radius 3 is 2.89 bits per heavy atom. The summed E-state index contributed by atoms with van der Waals surface area (Å²) in [5, 5.41) is 4.00. The Morgan fingerprint density at radius 1 is 1.33 bits per heavy atom. The average Bonchev–Trinajstić information content (AvgIpc) is 3.35. The maximum Gasteiger partial charge on any atom is 0.341 e. The highest BCUT2D eigenvalue weighted by molar-refractivity contribution is 8.00. The van der Waals surface area contributed by atoms with E-state index in [1.54, 1.807) is 12.1 Å². The number of rotatable bonds is 8. The van der Waals surface area contributed by atoms with Gasteiger partial charge in [-0.3, -0.25) is 9.59 Å². The molecule has 0 fully saturated rings. The minimum absolute atomic E-state index is 0.0544. The normalized spacial score (nSPS) is 15.5. The second-order valence-corrected chi connectivity index (χ2v) is 12.0. The number of thiazole rings is 1. The molecule has 1 aliphatic rings. The highest BCUT2D eigenvalue weighted by Crippen LogP contribution is 2.40. The zero-order chi connectivity index (χ0) is 25.8. The number of hydrogen-bond acceptors (Lipinski definition) is 7. The topological polar surface area (TPSA) is 89.8 Å². The first-order chi connectivity index (χ1) is 17.3. The number of anilines is 1. The minimum atomic E-state index is -0.434. The molecular formula is C25H26ClN3O4S3. The summed E-state index contributed by atoms with van der Waals surface area (Å²) in [6.07, 6.45) is 4.44. The van der Waals surface area contributed by atoms with Crippen LogP contribution in [-0.2, 0) is 33.7 Å². The summed E-state index contributed by atoms with van der Waals surface area (Å²) in [6.45, 7) is 6.48. The lowest BCUT2D eigenvalue weighted by atomic mass is 9.88. The van der Waals surface area contributed by atoms with Crippen molar-refractivity contribution in [2.45, 2.75) is 32.7 Å². The number of carbonyl (C=O) groups excluding carboxylic acids is 3. The van der Waals surface area contributed by atoms with Crippen LogP contribution in [0, 0.1) is 5.92 Å². The molecule has 36 heavy (non-hydrogen) atoms. The maximum absolute atomic E-state index is 12.6. The molecule has 3 aromatic rings. The van der Waals surface area contributed by atoms with Crippen LogP contribution < -0.4 is 10.1 Å². The van der Waals surface area contributed by atoms with Crippen molar-refractivity contribution in [3.63, 3.8) is 0 Å². The lowest BCUT2D eigenvalue weighted by Gasteiger charge is -2.18. The molecule has 2 heterocycles. The van der Waals surface area contributed by atoms with Crippen LogP contribution in [0.5, 0.6) is 0 Å². The van der Waals surface area contributed by atoms with Crippen molar-refractivity contribution < 1.29 is 19.1 Å². The molecule has 0 aliphatic heterocycles. The molecule has 2 amide bonds. The van der Waals surface area contributed by atoms with Gasteiger partial charge in [0, 0.05) is 16.4 Å². The van der Waals surface area contributed by atoms with Gasteiger partial charge in [-0.2, -0.15) is 4.99 Å². The molecule has 1 N–H and O–H groups in total. The number of ether oxygens (including phenoxy) is 1. The number of hydrogen-bond donors (Lipinski definition) is 1. The molecule has 190 valence electrons. The van der Waals surface area contributed by atoms with Gasteiger partial charge in [-0.15, -0.1) is 29.7 Å². The van der Waals surface area contributed by atoms with Gasteiger partial charge in [0.15, 0.2) is 4.80 Å². The predicted octanol–water partition coefficient (Wildman–Crippen LogP) is 5.31. The summed E-state index contributed by atoms with van der Waals surface area (Å²) in [5.74, 6) is -0.383. The van der Waals surface area contributed by atoms with E-state index in [-0.39, 0.29) is 23.3 Å². The Kier molecular flexibility index (Phi) is 8.71. The minimum Gasteiger partial charge on any atom is -0.465 e. The number of nitrogens with one attached hydrogen (secondary N) is 1. The number of thiophene rings is 1. The summed E-state index contributed by atoms with van der Waals surface area (Å²) < 4.78 is 7.81. The molecule has 0 radical (unpaired) electrons. The SMILES string of the molecule is C=CCn1c(=NC(=O)CSCC(=O)Nc2sc3c(c2C(=O)OC)CCC(C)C3)sc2cc(Cl)ccc21. The Hall–Kier alpha value is -2.40. The fourth-order valence-corrected chi connectivity index (χ4v) is 7.47. The number of nitrogens with zero attached hydrogens (tertiary/aromatic N) is 2. The van der Waals surface area contributed by atoms with Gasteiger partial charge in [0.05, 0.1) is 34.4 Å². The number of amides is 2. The predicted molar refractivity (Wildman–Crippen MR) is 148 cm³/mol. The molecule has 1 aliphatic carbocycles. The van der Waals surface area contributed by atoms with Gasteiger partial charge in [0.25, 0.3) is 5.91 Å². The Balaban J connectivity index is 1.41. The fourth-order valence-electron chi connectivity index (χ4n) is 4.13.